The normalized spacial score (nSPS) is 12.6. The fourth-order valence-electron chi connectivity index (χ4n) is 3.79. The van der Waals surface area contributed by atoms with Crippen LogP contribution in [0.1, 0.15) is 57.6 Å². The van der Waals surface area contributed by atoms with Crippen molar-refractivity contribution in [3.63, 3.8) is 0 Å². The Balaban J connectivity index is 1.47. The zero-order valence-electron chi connectivity index (χ0n) is 20.8. The van der Waals surface area contributed by atoms with Gasteiger partial charge >= 0.3 is 0 Å². The number of ketones is 1. The molecule has 0 fully saturated rings. The molecule has 188 valence electrons. The van der Waals surface area contributed by atoms with E-state index in [0.717, 1.165) is 24.0 Å². The van der Waals surface area contributed by atoms with Crippen molar-refractivity contribution in [3.8, 4) is 11.5 Å². The van der Waals surface area contributed by atoms with Crippen LogP contribution in [0.15, 0.2) is 52.9 Å². The molecule has 3 aromatic rings. The number of furan rings is 1. The van der Waals surface area contributed by atoms with Crippen molar-refractivity contribution in [1.29, 1.82) is 0 Å². The van der Waals surface area contributed by atoms with Gasteiger partial charge in [-0.25, -0.2) is 0 Å². The molecule has 0 aliphatic carbocycles. The fourth-order valence-corrected chi connectivity index (χ4v) is 3.79. The van der Waals surface area contributed by atoms with Crippen molar-refractivity contribution in [2.75, 3.05) is 24.7 Å². The van der Waals surface area contributed by atoms with E-state index in [1.165, 1.54) is 4.90 Å². The van der Waals surface area contributed by atoms with Gasteiger partial charge in [-0.05, 0) is 73.9 Å². The molecule has 0 radical (unpaired) electrons. The van der Waals surface area contributed by atoms with Crippen LogP contribution in [0.25, 0.3) is 0 Å². The lowest BCUT2D eigenvalue weighted by Gasteiger charge is -2.29. The molecule has 36 heavy (non-hydrogen) atoms. The Bertz CT molecular complexity index is 1280. The first-order valence-corrected chi connectivity index (χ1v) is 12.0. The standard InChI is InChI=1S/C28H30N2O6/c1-4-5-12-29-28(33)26-11-9-22(36-26)15-30-23-14-20(7-10-25(23)35-17-27(30)32)24(31)16-34-21-8-6-18(2)19(3)13-21/h6-11,13-14H,4-5,12,15-17H2,1-3H3,(H,29,33). The van der Waals surface area contributed by atoms with E-state index in [0.29, 0.717) is 35.1 Å². The maximum Gasteiger partial charge on any atom is 0.286 e. The third kappa shape index (κ3) is 5.76. The smallest absolute Gasteiger partial charge is 0.286 e. The van der Waals surface area contributed by atoms with E-state index in [4.69, 9.17) is 13.9 Å². The molecule has 1 N–H and O–H groups in total. The lowest BCUT2D eigenvalue weighted by molar-refractivity contribution is -0.121. The molecule has 2 aromatic carbocycles. The summed E-state index contributed by atoms with van der Waals surface area (Å²) in [5.41, 5.74) is 3.10. The van der Waals surface area contributed by atoms with Gasteiger partial charge < -0.3 is 19.2 Å². The van der Waals surface area contributed by atoms with Gasteiger partial charge in [0, 0.05) is 12.1 Å². The van der Waals surface area contributed by atoms with Crippen LogP contribution in [0.4, 0.5) is 5.69 Å². The van der Waals surface area contributed by atoms with Gasteiger partial charge in [-0.15, -0.1) is 0 Å². The summed E-state index contributed by atoms with van der Waals surface area (Å²) in [4.78, 5) is 39.3. The highest BCUT2D eigenvalue weighted by atomic mass is 16.5. The molecule has 2 heterocycles. The minimum absolute atomic E-state index is 0.105. The van der Waals surface area contributed by atoms with Crippen LogP contribution in [-0.2, 0) is 11.3 Å². The van der Waals surface area contributed by atoms with E-state index in [2.05, 4.69) is 5.32 Å². The van der Waals surface area contributed by atoms with E-state index in [1.807, 2.05) is 39.0 Å². The highest BCUT2D eigenvalue weighted by Crippen LogP contribution is 2.34. The van der Waals surface area contributed by atoms with Gasteiger partial charge in [0.2, 0.25) is 0 Å². The number of carbonyl (C=O) groups is 3. The summed E-state index contributed by atoms with van der Waals surface area (Å²) < 4.78 is 16.9. The van der Waals surface area contributed by atoms with Crippen molar-refractivity contribution in [2.45, 2.75) is 40.2 Å². The number of benzene rings is 2. The predicted molar refractivity (Wildman–Crippen MR) is 135 cm³/mol. The number of nitrogens with one attached hydrogen (secondary N) is 1. The number of ether oxygens (including phenoxy) is 2. The number of amides is 2. The van der Waals surface area contributed by atoms with Crippen LogP contribution in [0.5, 0.6) is 11.5 Å². The van der Waals surface area contributed by atoms with Gasteiger partial charge in [0.05, 0.1) is 12.2 Å². The van der Waals surface area contributed by atoms with Crippen molar-refractivity contribution < 1.29 is 28.3 Å². The minimum Gasteiger partial charge on any atom is -0.485 e. The third-order valence-corrected chi connectivity index (χ3v) is 6.09. The van der Waals surface area contributed by atoms with E-state index in [9.17, 15) is 14.4 Å². The number of unbranched alkanes of at least 4 members (excludes halogenated alkanes) is 1. The first-order valence-electron chi connectivity index (χ1n) is 12.0. The highest BCUT2D eigenvalue weighted by molar-refractivity contribution is 6.02. The summed E-state index contributed by atoms with van der Waals surface area (Å²) in [6.07, 6.45) is 1.86. The molecule has 0 bridgehead atoms. The number of carbonyl (C=O) groups excluding carboxylic acids is 3. The fraction of sp³-hybridized carbons (Fsp3) is 0.321. The summed E-state index contributed by atoms with van der Waals surface area (Å²) in [6.45, 7) is 6.47. The number of nitrogens with zero attached hydrogens (tertiary/aromatic N) is 1. The quantitative estimate of drug-likeness (QED) is 0.329. The topological polar surface area (TPSA) is 98.1 Å². The van der Waals surface area contributed by atoms with Crippen LogP contribution >= 0.6 is 0 Å². The van der Waals surface area contributed by atoms with E-state index < -0.39 is 0 Å². The summed E-state index contributed by atoms with van der Waals surface area (Å²) in [5, 5.41) is 2.81. The molecule has 0 unspecified atom stereocenters. The zero-order valence-corrected chi connectivity index (χ0v) is 20.8. The molecule has 0 atom stereocenters. The number of fused-ring (bicyclic) bond motifs is 1. The third-order valence-electron chi connectivity index (χ3n) is 6.09. The highest BCUT2D eigenvalue weighted by Gasteiger charge is 2.28. The van der Waals surface area contributed by atoms with E-state index in [-0.39, 0.29) is 43.1 Å². The van der Waals surface area contributed by atoms with Crippen molar-refractivity contribution in [1.82, 2.24) is 5.32 Å². The Morgan fingerprint density at radius 3 is 2.67 bits per heavy atom. The zero-order chi connectivity index (χ0) is 25.7. The summed E-state index contributed by atoms with van der Waals surface area (Å²) in [6, 6.07) is 13.9. The SMILES string of the molecule is CCCCNC(=O)c1ccc(CN2C(=O)COc3ccc(C(=O)COc4ccc(C)c(C)c4)cc32)o1. The van der Waals surface area contributed by atoms with Crippen LogP contribution in [0.2, 0.25) is 0 Å². The van der Waals surface area contributed by atoms with E-state index >= 15 is 0 Å². The second kappa shape index (κ2) is 11.1. The number of anilines is 1. The van der Waals surface area contributed by atoms with Crippen LogP contribution < -0.4 is 19.7 Å². The van der Waals surface area contributed by atoms with Gasteiger partial charge in [0.25, 0.3) is 11.8 Å². The predicted octanol–water partition coefficient (Wildman–Crippen LogP) is 4.61. The molecule has 8 nitrogen and oxygen atoms in total. The number of Topliss-reactive ketones (excluding diaryl/α,β-unsaturated/α-hetero) is 1. The molecular weight excluding hydrogens is 460 g/mol. The molecule has 4 rings (SSSR count). The van der Waals surface area contributed by atoms with Gasteiger partial charge in [-0.1, -0.05) is 19.4 Å². The number of hydrogen-bond donors (Lipinski definition) is 1. The lowest BCUT2D eigenvalue weighted by Crippen LogP contribution is -2.38. The molecule has 1 aliphatic rings. The molecule has 0 saturated carbocycles. The maximum absolute atomic E-state index is 12.9. The largest absolute Gasteiger partial charge is 0.485 e. The summed E-state index contributed by atoms with van der Waals surface area (Å²) >= 11 is 0. The molecular formula is C28H30N2O6. The number of hydrogen-bond acceptors (Lipinski definition) is 6. The Kier molecular flexibility index (Phi) is 7.73. The molecule has 2 amide bonds. The van der Waals surface area contributed by atoms with Gasteiger partial charge in [0.1, 0.15) is 17.3 Å². The Hall–Kier alpha value is -4.07. The second-order valence-electron chi connectivity index (χ2n) is 8.78. The minimum atomic E-state index is -0.292. The lowest BCUT2D eigenvalue weighted by atomic mass is 10.1. The van der Waals surface area contributed by atoms with Crippen LogP contribution in [0, 0.1) is 13.8 Å². The van der Waals surface area contributed by atoms with Crippen LogP contribution in [0.3, 0.4) is 0 Å². The molecule has 1 aromatic heterocycles. The Labute approximate surface area is 210 Å². The first kappa shape index (κ1) is 25.0. The Morgan fingerprint density at radius 1 is 1.06 bits per heavy atom. The first-order chi connectivity index (χ1) is 17.4. The second-order valence-corrected chi connectivity index (χ2v) is 8.78. The molecule has 0 spiro atoms. The maximum atomic E-state index is 12.9. The van der Waals surface area contributed by atoms with Crippen molar-refractivity contribution >= 4 is 23.3 Å². The van der Waals surface area contributed by atoms with E-state index in [1.54, 1.807) is 30.3 Å². The number of rotatable bonds is 10. The number of aryl methyl sites for hydroxylation is 2. The summed E-state index contributed by atoms with van der Waals surface area (Å²) in [7, 11) is 0. The average Bonchev–Trinajstić information content (AvgIpc) is 3.35. The average molecular weight is 491 g/mol. The van der Waals surface area contributed by atoms with Gasteiger partial charge in [-0.2, -0.15) is 0 Å². The van der Waals surface area contributed by atoms with Gasteiger partial charge in [-0.3, -0.25) is 19.3 Å². The summed E-state index contributed by atoms with van der Waals surface area (Å²) in [5.74, 6) is 0.963. The molecule has 8 heteroatoms. The monoisotopic (exact) mass is 490 g/mol. The van der Waals surface area contributed by atoms with Gasteiger partial charge in [0.15, 0.2) is 24.8 Å². The van der Waals surface area contributed by atoms with Crippen molar-refractivity contribution in [3.05, 3.63) is 76.7 Å². The Morgan fingerprint density at radius 2 is 1.89 bits per heavy atom. The van der Waals surface area contributed by atoms with Crippen LogP contribution in [-0.4, -0.2) is 37.4 Å². The molecule has 1 aliphatic heterocycles. The molecule has 0 saturated heterocycles. The van der Waals surface area contributed by atoms with Crippen molar-refractivity contribution in [2.24, 2.45) is 0 Å².